The molecule has 2 atom stereocenters. The highest BCUT2D eigenvalue weighted by molar-refractivity contribution is 7.89. The largest absolute Gasteiger partial charge is 0.330 e. The number of nitrogens with two attached hydrogens (primary N) is 1. The van der Waals surface area contributed by atoms with Crippen LogP contribution in [-0.4, -0.2) is 38.8 Å². The Kier molecular flexibility index (Phi) is 8.18. The average molecular weight is 433 g/mol. The highest BCUT2D eigenvalue weighted by atomic mass is 32.2. The Hall–Kier alpha value is -2.22. The van der Waals surface area contributed by atoms with E-state index in [0.29, 0.717) is 11.6 Å². The molecule has 6 nitrogen and oxygen atoms in total. The minimum absolute atomic E-state index is 0.150. The van der Waals surface area contributed by atoms with E-state index in [1.165, 1.54) is 37.4 Å². The van der Waals surface area contributed by atoms with E-state index < -0.39 is 10.0 Å². The third kappa shape index (κ3) is 5.90. The maximum absolute atomic E-state index is 12.8. The molecule has 2 aromatic rings. The van der Waals surface area contributed by atoms with E-state index in [1.54, 1.807) is 12.1 Å². The number of carbonyl (C=O) groups excluding carboxylic acids is 1. The number of nitrogens with one attached hydrogen (secondary N) is 1. The molecular weight excluding hydrogens is 398 g/mol. The quantitative estimate of drug-likeness (QED) is 0.639. The monoisotopic (exact) mass is 432 g/mol. The molecule has 0 spiro atoms. The Morgan fingerprint density at radius 1 is 1.07 bits per heavy atom. The maximum Gasteiger partial charge on any atom is 0.282 e. The zero-order valence-electron chi connectivity index (χ0n) is 18.7. The zero-order valence-corrected chi connectivity index (χ0v) is 19.5. The number of hydrogen-bond donors (Lipinski definition) is 2. The number of sulfonamides is 1. The summed E-state index contributed by atoms with van der Waals surface area (Å²) in [5, 5.41) is 4.92. The van der Waals surface area contributed by atoms with Crippen LogP contribution in [0.5, 0.6) is 0 Å². The first-order valence-corrected chi connectivity index (χ1v) is 11.8. The van der Waals surface area contributed by atoms with Gasteiger partial charge in [-0.25, -0.2) is 12.7 Å². The van der Waals surface area contributed by atoms with Crippen LogP contribution in [0.2, 0.25) is 0 Å². The second kappa shape index (κ2) is 10.2. The van der Waals surface area contributed by atoms with Gasteiger partial charge < -0.3 is 10.6 Å². The fourth-order valence-electron chi connectivity index (χ4n) is 3.29. The molecule has 0 saturated carbocycles. The van der Waals surface area contributed by atoms with Crippen LogP contribution in [0.3, 0.4) is 0 Å². The van der Waals surface area contributed by atoms with Crippen LogP contribution < -0.4 is 10.6 Å². The molecule has 0 unspecified atom stereocenters. The van der Waals surface area contributed by atoms with Gasteiger partial charge in [0.05, 0.1) is 4.90 Å². The SMILES string of the molecule is CCc1ccc([C@@H]([NH2+][C@@H](C)C(=O)Nc2cccc(S(=O)(=O)N(C)C)c2)C(C)C)cc1. The fraction of sp³-hybridized carbons (Fsp3) is 0.435. The average Bonchev–Trinajstić information content (AvgIpc) is 2.71. The van der Waals surface area contributed by atoms with Crippen molar-refractivity contribution in [2.45, 2.75) is 51.1 Å². The Morgan fingerprint density at radius 2 is 1.70 bits per heavy atom. The Bertz CT molecular complexity index is 954. The first-order chi connectivity index (χ1) is 14.1. The predicted octanol–water partition coefficient (Wildman–Crippen LogP) is 2.79. The lowest BCUT2D eigenvalue weighted by atomic mass is 9.94. The van der Waals surface area contributed by atoms with Crippen LogP contribution in [0, 0.1) is 5.92 Å². The molecule has 0 saturated heterocycles. The molecule has 1 amide bonds. The van der Waals surface area contributed by atoms with Gasteiger partial charge >= 0.3 is 0 Å². The van der Waals surface area contributed by atoms with Crippen LogP contribution in [-0.2, 0) is 21.2 Å². The first-order valence-electron chi connectivity index (χ1n) is 10.3. The lowest BCUT2D eigenvalue weighted by Crippen LogP contribution is -2.93. The van der Waals surface area contributed by atoms with Crippen molar-refractivity contribution in [2.75, 3.05) is 19.4 Å². The summed E-state index contributed by atoms with van der Waals surface area (Å²) in [6.07, 6.45) is 0.998. The van der Waals surface area contributed by atoms with E-state index in [4.69, 9.17) is 0 Å². The van der Waals surface area contributed by atoms with Crippen LogP contribution in [0.15, 0.2) is 53.4 Å². The van der Waals surface area contributed by atoms with E-state index in [9.17, 15) is 13.2 Å². The second-order valence-corrected chi connectivity index (χ2v) is 10.3. The maximum atomic E-state index is 12.8. The van der Waals surface area contributed by atoms with E-state index in [1.807, 2.05) is 6.92 Å². The Morgan fingerprint density at radius 3 is 2.23 bits per heavy atom. The van der Waals surface area contributed by atoms with Crippen molar-refractivity contribution in [1.82, 2.24) is 4.31 Å². The summed E-state index contributed by atoms with van der Waals surface area (Å²) in [4.78, 5) is 12.9. The van der Waals surface area contributed by atoms with Crippen molar-refractivity contribution in [1.29, 1.82) is 0 Å². The lowest BCUT2D eigenvalue weighted by molar-refractivity contribution is -0.718. The number of anilines is 1. The Balaban J connectivity index is 2.13. The molecule has 2 aromatic carbocycles. The molecule has 0 aliphatic rings. The number of nitrogens with zero attached hydrogens (tertiary/aromatic N) is 1. The number of rotatable bonds is 9. The van der Waals surface area contributed by atoms with Gasteiger partial charge in [0, 0.05) is 31.3 Å². The van der Waals surface area contributed by atoms with Gasteiger partial charge in [-0.3, -0.25) is 4.79 Å². The van der Waals surface area contributed by atoms with Gasteiger partial charge in [0.25, 0.3) is 5.91 Å². The normalized spacial score (nSPS) is 14.0. The zero-order chi connectivity index (χ0) is 22.5. The Labute approximate surface area is 180 Å². The van der Waals surface area contributed by atoms with Gasteiger partial charge in [-0.05, 0) is 37.1 Å². The highest BCUT2D eigenvalue weighted by Crippen LogP contribution is 2.20. The standard InChI is InChI=1S/C23H33N3O3S/c1-7-18-11-13-19(14-12-18)22(16(2)3)24-17(4)23(27)25-20-9-8-10-21(15-20)30(28,29)26(5)6/h8-17,22,24H,7H2,1-6H3,(H,25,27)/p+1/t17-,22-/m0/s1. The van der Waals surface area contributed by atoms with Crippen LogP contribution in [0.25, 0.3) is 0 Å². The van der Waals surface area contributed by atoms with Crippen LogP contribution in [0.4, 0.5) is 5.69 Å². The highest BCUT2D eigenvalue weighted by Gasteiger charge is 2.26. The molecule has 0 aliphatic carbocycles. The minimum Gasteiger partial charge on any atom is -0.330 e. The molecule has 164 valence electrons. The summed E-state index contributed by atoms with van der Waals surface area (Å²) >= 11 is 0. The van der Waals surface area contributed by atoms with E-state index >= 15 is 0 Å². The van der Waals surface area contributed by atoms with Crippen molar-refractivity contribution in [3.8, 4) is 0 Å². The van der Waals surface area contributed by atoms with Gasteiger partial charge in [0.2, 0.25) is 10.0 Å². The van der Waals surface area contributed by atoms with E-state index in [2.05, 4.69) is 55.7 Å². The summed E-state index contributed by atoms with van der Waals surface area (Å²) in [5.74, 6) is 0.187. The van der Waals surface area contributed by atoms with Gasteiger partial charge in [0.15, 0.2) is 6.04 Å². The van der Waals surface area contributed by atoms with Crippen molar-refractivity contribution < 1.29 is 18.5 Å². The number of benzene rings is 2. The molecule has 30 heavy (non-hydrogen) atoms. The third-order valence-corrected chi connectivity index (χ3v) is 7.09. The number of quaternary nitrogens is 1. The second-order valence-electron chi connectivity index (χ2n) is 8.15. The molecule has 0 heterocycles. The van der Waals surface area contributed by atoms with Gasteiger partial charge in [-0.2, -0.15) is 0 Å². The number of hydrogen-bond acceptors (Lipinski definition) is 3. The van der Waals surface area contributed by atoms with Crippen molar-refractivity contribution in [3.05, 3.63) is 59.7 Å². The van der Waals surface area contributed by atoms with Crippen LogP contribution >= 0.6 is 0 Å². The molecule has 0 aromatic heterocycles. The molecule has 2 rings (SSSR count). The van der Waals surface area contributed by atoms with E-state index in [-0.39, 0.29) is 22.9 Å². The number of carbonyl (C=O) groups is 1. The summed E-state index contributed by atoms with van der Waals surface area (Å²) in [7, 11) is -0.588. The molecule has 7 heteroatoms. The lowest BCUT2D eigenvalue weighted by Gasteiger charge is -2.23. The molecule has 0 radical (unpaired) electrons. The summed E-state index contributed by atoms with van der Waals surface area (Å²) < 4.78 is 25.8. The summed E-state index contributed by atoms with van der Waals surface area (Å²) in [6, 6.07) is 14.7. The van der Waals surface area contributed by atoms with Crippen LogP contribution in [0.1, 0.15) is 44.9 Å². The molecule has 0 bridgehead atoms. The number of amides is 1. The summed E-state index contributed by atoms with van der Waals surface area (Å²) in [5.41, 5.74) is 2.96. The molecule has 0 aliphatic heterocycles. The topological polar surface area (TPSA) is 83.1 Å². The molecule has 0 fully saturated rings. The predicted molar refractivity (Wildman–Crippen MR) is 121 cm³/mol. The van der Waals surface area contributed by atoms with Crippen molar-refractivity contribution in [3.63, 3.8) is 0 Å². The third-order valence-electron chi connectivity index (χ3n) is 5.28. The smallest absolute Gasteiger partial charge is 0.282 e. The van der Waals surface area contributed by atoms with E-state index in [0.717, 1.165) is 10.7 Å². The van der Waals surface area contributed by atoms with Crippen molar-refractivity contribution in [2.24, 2.45) is 5.92 Å². The first kappa shape index (κ1) is 24.1. The summed E-state index contributed by atoms with van der Waals surface area (Å²) in [6.45, 7) is 8.29. The number of aryl methyl sites for hydroxylation is 1. The minimum atomic E-state index is -3.55. The van der Waals surface area contributed by atoms with Gasteiger partial charge in [-0.1, -0.05) is 51.1 Å². The van der Waals surface area contributed by atoms with Gasteiger partial charge in [-0.15, -0.1) is 0 Å². The fourth-order valence-corrected chi connectivity index (χ4v) is 4.24. The van der Waals surface area contributed by atoms with Crippen molar-refractivity contribution >= 4 is 21.6 Å². The van der Waals surface area contributed by atoms with Gasteiger partial charge in [0.1, 0.15) is 6.04 Å². The molecular formula is C23H34N3O3S+. The molecule has 3 N–H and O–H groups in total.